The SMILES string of the molecule is COc1cccc(C(C)NC(=O)C(Cc2ccccc2)NC(N)=NC(=O)Cc2ccc(OC)c(OC)c2)c1. The van der Waals surface area contributed by atoms with Crippen molar-refractivity contribution >= 4 is 17.8 Å². The number of amides is 2. The molecule has 0 radical (unpaired) electrons. The summed E-state index contributed by atoms with van der Waals surface area (Å²) in [5, 5.41) is 5.94. The quantitative estimate of drug-likeness (QED) is 0.263. The third-order valence-corrected chi connectivity index (χ3v) is 5.92. The van der Waals surface area contributed by atoms with Crippen molar-refractivity contribution in [3.05, 3.63) is 89.5 Å². The fraction of sp³-hybridized carbons (Fsp3) is 0.276. The predicted molar refractivity (Wildman–Crippen MR) is 147 cm³/mol. The summed E-state index contributed by atoms with van der Waals surface area (Å²) < 4.78 is 15.8. The van der Waals surface area contributed by atoms with Gasteiger partial charge in [0.15, 0.2) is 17.5 Å². The van der Waals surface area contributed by atoms with Crippen molar-refractivity contribution in [1.29, 1.82) is 0 Å². The third kappa shape index (κ3) is 7.99. The number of guanidine groups is 1. The molecule has 0 saturated heterocycles. The Bertz CT molecular complexity index is 1260. The largest absolute Gasteiger partial charge is 0.497 e. The fourth-order valence-corrected chi connectivity index (χ4v) is 3.92. The molecule has 0 saturated carbocycles. The van der Waals surface area contributed by atoms with Gasteiger partial charge >= 0.3 is 0 Å². The highest BCUT2D eigenvalue weighted by Gasteiger charge is 2.22. The molecular formula is C29H34N4O5. The van der Waals surface area contributed by atoms with Gasteiger partial charge in [0.25, 0.3) is 5.91 Å². The summed E-state index contributed by atoms with van der Waals surface area (Å²) in [4.78, 5) is 29.9. The van der Waals surface area contributed by atoms with Gasteiger partial charge in [-0.05, 0) is 47.9 Å². The highest BCUT2D eigenvalue weighted by atomic mass is 16.5. The minimum absolute atomic E-state index is 0.00512. The van der Waals surface area contributed by atoms with E-state index in [0.717, 1.165) is 11.1 Å². The molecule has 3 rings (SSSR count). The molecule has 3 aromatic carbocycles. The van der Waals surface area contributed by atoms with Crippen molar-refractivity contribution in [2.24, 2.45) is 10.7 Å². The molecule has 9 heteroatoms. The van der Waals surface area contributed by atoms with E-state index in [1.54, 1.807) is 32.4 Å². The number of nitrogens with two attached hydrogens (primary N) is 1. The van der Waals surface area contributed by atoms with Crippen molar-refractivity contribution in [2.45, 2.75) is 31.8 Å². The van der Waals surface area contributed by atoms with Crippen molar-refractivity contribution in [3.63, 3.8) is 0 Å². The molecule has 4 N–H and O–H groups in total. The molecule has 0 heterocycles. The second kappa shape index (κ2) is 13.7. The first-order valence-corrected chi connectivity index (χ1v) is 12.2. The van der Waals surface area contributed by atoms with Crippen molar-refractivity contribution < 1.29 is 23.8 Å². The van der Waals surface area contributed by atoms with Crippen molar-refractivity contribution in [3.8, 4) is 17.2 Å². The highest BCUT2D eigenvalue weighted by molar-refractivity contribution is 5.96. The van der Waals surface area contributed by atoms with E-state index in [4.69, 9.17) is 19.9 Å². The number of hydrogen-bond acceptors (Lipinski definition) is 5. The lowest BCUT2D eigenvalue weighted by Gasteiger charge is -2.22. The lowest BCUT2D eigenvalue weighted by atomic mass is 10.0. The molecular weight excluding hydrogens is 484 g/mol. The van der Waals surface area contributed by atoms with E-state index in [1.807, 2.05) is 61.5 Å². The Morgan fingerprint density at radius 1 is 0.842 bits per heavy atom. The number of methoxy groups -OCH3 is 3. The molecule has 0 spiro atoms. The molecule has 0 aliphatic carbocycles. The number of carbonyl (C=O) groups is 2. The van der Waals surface area contributed by atoms with E-state index >= 15 is 0 Å². The topological polar surface area (TPSA) is 124 Å². The number of nitrogens with one attached hydrogen (secondary N) is 2. The molecule has 9 nitrogen and oxygen atoms in total. The molecule has 200 valence electrons. The van der Waals surface area contributed by atoms with Gasteiger partial charge in [-0.15, -0.1) is 0 Å². The summed E-state index contributed by atoms with van der Waals surface area (Å²) in [6.45, 7) is 1.89. The van der Waals surface area contributed by atoms with Crippen LogP contribution in [0.1, 0.15) is 29.7 Å². The van der Waals surface area contributed by atoms with Crippen LogP contribution in [0, 0.1) is 0 Å². The van der Waals surface area contributed by atoms with Gasteiger partial charge in [0, 0.05) is 6.42 Å². The number of carbonyl (C=O) groups excluding carboxylic acids is 2. The minimum Gasteiger partial charge on any atom is -0.497 e. The standard InChI is InChI=1S/C29H34N4O5/c1-19(22-11-8-12-23(18-22)36-2)31-28(35)24(15-20-9-6-5-7-10-20)32-29(30)33-27(34)17-21-13-14-25(37-3)26(16-21)38-4/h5-14,16,18-19,24H,15,17H2,1-4H3,(H,31,35)(H3,30,32,33,34). The van der Waals surface area contributed by atoms with Crippen molar-refractivity contribution in [1.82, 2.24) is 10.6 Å². The summed E-state index contributed by atoms with van der Waals surface area (Å²) >= 11 is 0. The predicted octanol–water partition coefficient (Wildman–Crippen LogP) is 3.17. The Morgan fingerprint density at radius 2 is 1.58 bits per heavy atom. The molecule has 0 fully saturated rings. The zero-order chi connectivity index (χ0) is 27.5. The van der Waals surface area contributed by atoms with E-state index in [-0.39, 0.29) is 24.3 Å². The van der Waals surface area contributed by atoms with Crippen LogP contribution in [0.2, 0.25) is 0 Å². The summed E-state index contributed by atoms with van der Waals surface area (Å²) in [5.41, 5.74) is 8.59. The number of benzene rings is 3. The molecule has 0 bridgehead atoms. The van der Waals surface area contributed by atoms with Gasteiger partial charge in [-0.1, -0.05) is 48.5 Å². The van der Waals surface area contributed by atoms with Gasteiger partial charge < -0.3 is 30.6 Å². The van der Waals surface area contributed by atoms with Crippen LogP contribution < -0.4 is 30.6 Å². The monoisotopic (exact) mass is 518 g/mol. The van der Waals surface area contributed by atoms with Gasteiger partial charge in [-0.3, -0.25) is 9.59 Å². The number of hydrogen-bond donors (Lipinski definition) is 3. The number of nitrogens with zero attached hydrogens (tertiary/aromatic N) is 1. The van der Waals surface area contributed by atoms with Crippen LogP contribution in [0.25, 0.3) is 0 Å². The Labute approximate surface area is 223 Å². The minimum atomic E-state index is -0.761. The summed E-state index contributed by atoms with van der Waals surface area (Å²) in [7, 11) is 4.66. The third-order valence-electron chi connectivity index (χ3n) is 5.92. The maximum Gasteiger partial charge on any atom is 0.253 e. The maximum absolute atomic E-state index is 13.3. The maximum atomic E-state index is 13.3. The van der Waals surface area contributed by atoms with Gasteiger partial charge in [0.2, 0.25) is 5.91 Å². The van der Waals surface area contributed by atoms with Crippen LogP contribution in [0.5, 0.6) is 17.2 Å². The molecule has 3 aromatic rings. The van der Waals surface area contributed by atoms with Crippen LogP contribution in [0.4, 0.5) is 0 Å². The molecule has 0 aromatic heterocycles. The number of rotatable bonds is 11. The van der Waals surface area contributed by atoms with E-state index in [2.05, 4.69) is 15.6 Å². The molecule has 2 atom stereocenters. The lowest BCUT2D eigenvalue weighted by molar-refractivity contribution is -0.123. The average Bonchev–Trinajstić information content (AvgIpc) is 2.92. The normalized spacial score (nSPS) is 12.7. The first kappa shape index (κ1) is 28.0. The molecule has 0 aliphatic heterocycles. The van der Waals surface area contributed by atoms with Crippen LogP contribution in [0.15, 0.2) is 77.8 Å². The van der Waals surface area contributed by atoms with Crippen LogP contribution in [0.3, 0.4) is 0 Å². The highest BCUT2D eigenvalue weighted by Crippen LogP contribution is 2.27. The molecule has 38 heavy (non-hydrogen) atoms. The van der Waals surface area contributed by atoms with Gasteiger partial charge in [-0.2, -0.15) is 4.99 Å². The zero-order valence-electron chi connectivity index (χ0n) is 22.1. The summed E-state index contributed by atoms with van der Waals surface area (Å²) in [5.74, 6) is 0.886. The van der Waals surface area contributed by atoms with Crippen molar-refractivity contribution in [2.75, 3.05) is 21.3 Å². The Hall–Kier alpha value is -4.53. The first-order valence-electron chi connectivity index (χ1n) is 12.2. The van der Waals surface area contributed by atoms with Crippen LogP contribution in [-0.2, 0) is 22.4 Å². The van der Waals surface area contributed by atoms with E-state index in [1.165, 1.54) is 7.11 Å². The lowest BCUT2D eigenvalue weighted by Crippen LogP contribution is -2.51. The fourth-order valence-electron chi connectivity index (χ4n) is 3.92. The number of aliphatic imine (C=N–C) groups is 1. The zero-order valence-corrected chi connectivity index (χ0v) is 22.1. The molecule has 2 amide bonds. The Balaban J connectivity index is 1.72. The van der Waals surface area contributed by atoms with Gasteiger partial charge in [0.05, 0.1) is 33.8 Å². The number of ether oxygens (including phenoxy) is 3. The summed E-state index contributed by atoms with van der Waals surface area (Å²) in [6.07, 6.45) is 0.350. The van der Waals surface area contributed by atoms with Crippen LogP contribution in [-0.4, -0.2) is 45.1 Å². The molecule has 0 aliphatic rings. The van der Waals surface area contributed by atoms with E-state index < -0.39 is 11.9 Å². The molecule has 2 unspecified atom stereocenters. The Morgan fingerprint density at radius 3 is 2.26 bits per heavy atom. The van der Waals surface area contributed by atoms with Crippen LogP contribution >= 0.6 is 0 Å². The van der Waals surface area contributed by atoms with E-state index in [0.29, 0.717) is 29.2 Å². The second-order valence-electron chi connectivity index (χ2n) is 8.65. The smallest absolute Gasteiger partial charge is 0.253 e. The summed E-state index contributed by atoms with van der Waals surface area (Å²) in [6, 6.07) is 21.2. The second-order valence-corrected chi connectivity index (χ2v) is 8.65. The van der Waals surface area contributed by atoms with Gasteiger partial charge in [-0.25, -0.2) is 0 Å². The average molecular weight is 519 g/mol. The Kier molecular flexibility index (Phi) is 10.1. The van der Waals surface area contributed by atoms with Gasteiger partial charge in [0.1, 0.15) is 11.8 Å². The first-order chi connectivity index (χ1) is 18.3. The van der Waals surface area contributed by atoms with E-state index in [9.17, 15) is 9.59 Å².